The molecule has 1 aromatic heterocycles. The molecule has 0 amide bonds. The Bertz CT molecular complexity index is 902. The largest absolute Gasteiger partial charge is 0.382 e. The highest BCUT2D eigenvalue weighted by molar-refractivity contribution is 6.08. The number of nitrogens with two attached hydrogens (primary N) is 3. The standard InChI is InChI=1S/C12H11N7O/c13-9-7(5-1-3-6(20)4-2-5)16-8-10(14)18-12(15)19-11(8)17-9/h1-4,16H,(H6,13,14,15,17,18,19)/i1D,2D,3D,4D. The molecule has 0 unspecified atom stereocenters. The molecule has 3 rings (SSSR count). The van der Waals surface area contributed by atoms with Gasteiger partial charge in [0.25, 0.3) is 0 Å². The Morgan fingerprint density at radius 3 is 2.50 bits per heavy atom. The van der Waals surface area contributed by atoms with Crippen LogP contribution in [0, 0.1) is 0 Å². The van der Waals surface area contributed by atoms with Crippen LogP contribution >= 0.6 is 0 Å². The Kier molecular flexibility index (Phi) is 1.70. The van der Waals surface area contributed by atoms with Gasteiger partial charge in [-0.15, -0.1) is 0 Å². The summed E-state index contributed by atoms with van der Waals surface area (Å²) in [5, 5.41) is 2.76. The molecular formula is C12H11N7O. The molecule has 0 spiro atoms. The lowest BCUT2D eigenvalue weighted by Crippen LogP contribution is -2.26. The van der Waals surface area contributed by atoms with Crippen molar-refractivity contribution in [3.63, 3.8) is 0 Å². The lowest BCUT2D eigenvalue weighted by atomic mass is 10.1. The molecule has 0 atom stereocenters. The van der Waals surface area contributed by atoms with Gasteiger partial charge in [0.15, 0.2) is 17.4 Å². The number of hydrogen-bond donors (Lipinski definition) is 4. The van der Waals surface area contributed by atoms with E-state index in [1.165, 1.54) is 0 Å². The molecule has 1 aliphatic heterocycles. The second-order valence-electron chi connectivity index (χ2n) is 3.87. The van der Waals surface area contributed by atoms with E-state index in [1.54, 1.807) is 0 Å². The fourth-order valence-electron chi connectivity index (χ4n) is 1.66. The Morgan fingerprint density at radius 2 is 1.80 bits per heavy atom. The van der Waals surface area contributed by atoms with Crippen molar-refractivity contribution in [3.8, 4) is 0 Å². The Hall–Kier alpha value is -3.16. The van der Waals surface area contributed by atoms with E-state index in [0.717, 1.165) is 0 Å². The van der Waals surface area contributed by atoms with E-state index in [9.17, 15) is 4.79 Å². The van der Waals surface area contributed by atoms with Crippen LogP contribution in [-0.2, 0) is 4.79 Å². The summed E-state index contributed by atoms with van der Waals surface area (Å²) in [7, 11) is 0. The van der Waals surface area contributed by atoms with Crippen molar-refractivity contribution >= 4 is 34.9 Å². The van der Waals surface area contributed by atoms with Gasteiger partial charge in [-0.1, -0.05) is 0 Å². The molecule has 0 bridgehead atoms. The minimum atomic E-state index is -1.00. The fourth-order valence-corrected chi connectivity index (χ4v) is 1.66. The lowest BCUT2D eigenvalue weighted by molar-refractivity contribution is -0.110. The summed E-state index contributed by atoms with van der Waals surface area (Å²) < 4.78 is 31.1. The van der Waals surface area contributed by atoms with E-state index >= 15 is 0 Å². The SMILES string of the molecule is [2H]C1=C([2H])C(=C2Nc3c(N)nc(N)nc3N=C2N)C([2H])=C([2H])C1=O. The number of carbonyl (C=O) groups excluding carboxylic acids is 1. The monoisotopic (exact) mass is 273 g/mol. The van der Waals surface area contributed by atoms with Gasteiger partial charge < -0.3 is 22.5 Å². The van der Waals surface area contributed by atoms with E-state index in [1.807, 2.05) is 0 Å². The van der Waals surface area contributed by atoms with Crippen molar-refractivity contribution in [2.45, 2.75) is 0 Å². The van der Waals surface area contributed by atoms with Crippen LogP contribution in [0.15, 0.2) is 40.5 Å². The van der Waals surface area contributed by atoms with Gasteiger partial charge in [0, 0.05) is 5.57 Å². The number of ketones is 1. The van der Waals surface area contributed by atoms with Crippen molar-refractivity contribution in [2.24, 2.45) is 10.7 Å². The number of aliphatic imine (C=N–C) groups is 1. The molecular weight excluding hydrogens is 258 g/mol. The normalized spacial score (nSPS) is 21.6. The third-order valence-electron chi connectivity index (χ3n) is 2.52. The van der Waals surface area contributed by atoms with Gasteiger partial charge in [-0.25, -0.2) is 4.99 Å². The summed E-state index contributed by atoms with van der Waals surface area (Å²) in [5.41, 5.74) is 17.0. The van der Waals surface area contributed by atoms with Gasteiger partial charge in [0.1, 0.15) is 11.5 Å². The topological polar surface area (TPSA) is 145 Å². The molecule has 0 radical (unpaired) electrons. The first kappa shape index (κ1) is 8.10. The maximum atomic E-state index is 11.7. The van der Waals surface area contributed by atoms with E-state index < -0.39 is 30.0 Å². The minimum Gasteiger partial charge on any atom is -0.382 e. The number of hydrogen-bond acceptors (Lipinski definition) is 8. The first-order chi connectivity index (χ1) is 11.2. The molecule has 7 N–H and O–H groups in total. The summed E-state index contributed by atoms with van der Waals surface area (Å²) in [6, 6.07) is -2.50. The Balaban J connectivity index is 2.27. The number of nitrogens with zero attached hydrogens (tertiary/aromatic N) is 3. The summed E-state index contributed by atoms with van der Waals surface area (Å²) in [4.78, 5) is 23.3. The lowest BCUT2D eigenvalue weighted by Gasteiger charge is -2.20. The van der Waals surface area contributed by atoms with E-state index in [2.05, 4.69) is 20.3 Å². The zero-order chi connectivity index (χ0) is 17.8. The maximum absolute atomic E-state index is 11.7. The van der Waals surface area contributed by atoms with Gasteiger partial charge in [-0.3, -0.25) is 4.79 Å². The number of nitrogen functional groups attached to an aromatic ring is 2. The van der Waals surface area contributed by atoms with Crippen molar-refractivity contribution < 1.29 is 10.3 Å². The van der Waals surface area contributed by atoms with Crippen molar-refractivity contribution in [1.29, 1.82) is 0 Å². The second-order valence-corrected chi connectivity index (χ2v) is 3.87. The first-order valence-electron chi connectivity index (χ1n) is 7.41. The van der Waals surface area contributed by atoms with Crippen LogP contribution in [0.1, 0.15) is 5.48 Å². The van der Waals surface area contributed by atoms with Crippen LogP contribution in [0.2, 0.25) is 0 Å². The van der Waals surface area contributed by atoms with E-state index in [-0.39, 0.29) is 40.4 Å². The predicted octanol–water partition coefficient (Wildman–Crippen LogP) is 0.00440. The van der Waals surface area contributed by atoms with Crippen LogP contribution < -0.4 is 22.5 Å². The molecule has 1 aromatic rings. The maximum Gasteiger partial charge on any atom is 0.224 e. The molecule has 8 nitrogen and oxygen atoms in total. The summed E-state index contributed by atoms with van der Waals surface area (Å²) in [6.07, 6.45) is 0. The number of nitrogens with one attached hydrogen (secondary N) is 1. The Morgan fingerprint density at radius 1 is 1.10 bits per heavy atom. The molecule has 0 saturated carbocycles. The number of fused-ring (bicyclic) bond motifs is 1. The third-order valence-corrected chi connectivity index (χ3v) is 2.52. The summed E-state index contributed by atoms with van der Waals surface area (Å²) in [6.45, 7) is 0. The minimum absolute atomic E-state index is 0.0260. The van der Waals surface area contributed by atoms with Gasteiger partial charge in [-0.05, 0) is 24.2 Å². The molecule has 1 aliphatic carbocycles. The van der Waals surface area contributed by atoms with Gasteiger partial charge in [0.2, 0.25) is 5.95 Å². The van der Waals surface area contributed by atoms with Gasteiger partial charge in [-0.2, -0.15) is 9.97 Å². The number of allylic oxidation sites excluding steroid dienone is 5. The fraction of sp³-hybridized carbons (Fsp3) is 0. The number of carbonyl (C=O) groups is 1. The number of amidine groups is 1. The highest BCUT2D eigenvalue weighted by atomic mass is 16.1. The first-order valence-corrected chi connectivity index (χ1v) is 5.41. The van der Waals surface area contributed by atoms with Gasteiger partial charge >= 0.3 is 0 Å². The quantitative estimate of drug-likeness (QED) is 0.520. The smallest absolute Gasteiger partial charge is 0.224 e. The molecule has 20 heavy (non-hydrogen) atoms. The second kappa shape index (κ2) is 4.19. The zero-order valence-electron chi connectivity index (χ0n) is 14.0. The molecule has 100 valence electrons. The molecule has 2 aliphatic rings. The van der Waals surface area contributed by atoms with E-state index in [4.69, 9.17) is 22.7 Å². The number of anilines is 3. The zero-order valence-corrected chi connectivity index (χ0v) is 9.98. The average molecular weight is 273 g/mol. The average Bonchev–Trinajstić information content (AvgIpc) is 2.52. The Labute approximate surface area is 119 Å². The molecule has 0 saturated heterocycles. The highest BCUT2D eigenvalue weighted by Crippen LogP contribution is 2.34. The van der Waals surface area contributed by atoms with Crippen molar-refractivity contribution in [2.75, 3.05) is 16.8 Å². The van der Waals surface area contributed by atoms with Crippen molar-refractivity contribution in [1.82, 2.24) is 9.97 Å². The predicted molar refractivity (Wildman–Crippen MR) is 76.1 cm³/mol. The van der Waals surface area contributed by atoms with Crippen LogP contribution in [0.25, 0.3) is 0 Å². The molecule has 8 heteroatoms. The highest BCUT2D eigenvalue weighted by Gasteiger charge is 2.21. The van der Waals surface area contributed by atoms with Crippen LogP contribution in [-0.4, -0.2) is 21.6 Å². The number of rotatable bonds is 0. The van der Waals surface area contributed by atoms with E-state index in [0.29, 0.717) is 0 Å². The molecule has 0 fully saturated rings. The molecule has 2 heterocycles. The summed E-state index contributed by atoms with van der Waals surface area (Å²) >= 11 is 0. The van der Waals surface area contributed by atoms with Gasteiger partial charge in [0.05, 0.1) is 11.2 Å². The molecule has 0 aromatic carbocycles. The van der Waals surface area contributed by atoms with Crippen molar-refractivity contribution in [3.05, 3.63) is 35.5 Å². The van der Waals surface area contributed by atoms with Crippen LogP contribution in [0.3, 0.4) is 0 Å². The number of aromatic nitrogens is 2. The van der Waals surface area contributed by atoms with Crippen LogP contribution in [0.5, 0.6) is 0 Å². The summed E-state index contributed by atoms with van der Waals surface area (Å²) in [5.74, 6) is -1.21. The third kappa shape index (κ3) is 1.88. The van der Waals surface area contributed by atoms with Crippen LogP contribution in [0.4, 0.5) is 23.3 Å².